The van der Waals surface area contributed by atoms with Crippen LogP contribution < -0.4 is 9.47 Å². The molecule has 0 aliphatic heterocycles. The van der Waals surface area contributed by atoms with Gasteiger partial charge in [-0.3, -0.25) is 4.79 Å². The highest BCUT2D eigenvalue weighted by Gasteiger charge is 2.65. The molecule has 4 aliphatic carbocycles. The van der Waals surface area contributed by atoms with Gasteiger partial charge in [-0.15, -0.1) is 0 Å². The van der Waals surface area contributed by atoms with Gasteiger partial charge in [-0.1, -0.05) is 45.0 Å². The van der Waals surface area contributed by atoms with E-state index in [1.165, 1.54) is 7.11 Å². The largest absolute Gasteiger partial charge is 0.508 e. The number of methoxy groups -OCH3 is 1. The molecule has 0 saturated heterocycles. The minimum atomic E-state index is -0.394. The van der Waals surface area contributed by atoms with E-state index in [4.69, 9.17) is 23.7 Å². The van der Waals surface area contributed by atoms with Crippen LogP contribution in [0.4, 0.5) is 0 Å². The van der Waals surface area contributed by atoms with Crippen molar-refractivity contribution in [3.8, 4) is 23.0 Å². The molecule has 0 bridgehead atoms. The SMILES string of the molecule is COC(=O)CC[C@@H](C)[C@H]1CC[C@H]2[C@@H]3CC[C@@H]4C[C@H](OC(=O)COc5ccc6ccc(O)cc6c5)CC[C@]4(C)[C@H]3C[C@H](OC(=O)COc3ccc4ccc(O)cc4c3)[C@]12C. The maximum Gasteiger partial charge on any atom is 0.344 e. The van der Waals surface area contributed by atoms with Crippen LogP contribution in [-0.2, 0) is 28.6 Å². The minimum absolute atomic E-state index is 0.00665. The Morgan fingerprint density at radius 1 is 0.695 bits per heavy atom. The van der Waals surface area contributed by atoms with Gasteiger partial charge in [-0.2, -0.15) is 0 Å². The van der Waals surface area contributed by atoms with E-state index in [1.807, 2.05) is 48.5 Å². The normalized spacial score (nSPS) is 30.3. The summed E-state index contributed by atoms with van der Waals surface area (Å²) in [4.78, 5) is 39.1. The molecule has 10 nitrogen and oxygen atoms in total. The molecule has 4 aromatic rings. The molecule has 0 aromatic heterocycles. The molecule has 4 fully saturated rings. The summed E-state index contributed by atoms with van der Waals surface area (Å²) in [5, 5.41) is 23.5. The number of carbonyl (C=O) groups excluding carboxylic acids is 3. The van der Waals surface area contributed by atoms with Gasteiger partial charge in [0, 0.05) is 11.8 Å². The third-order valence-electron chi connectivity index (χ3n) is 15.4. The topological polar surface area (TPSA) is 138 Å². The standard InChI is InChI=1S/C49H58O10/c1-29(5-18-45(52)55-4)41-16-17-42-40-15-10-34-25-39(58-46(53)27-56-37-13-8-30-6-11-35(50)21-32(30)23-37)19-20-48(34,2)43(40)26-44(49(41,42)3)59-47(54)28-57-38-14-9-31-7-12-36(51)22-33(31)24-38/h6-9,11-14,21-24,29,34,39-44,50-51H,5,10,15-20,25-28H2,1-4H3/t29-,34-,39-,40+,41-,42+,43+,44+,48+,49-/m1/s1. The zero-order valence-electron chi connectivity index (χ0n) is 34.7. The molecule has 0 amide bonds. The lowest BCUT2D eigenvalue weighted by molar-refractivity contribution is -0.200. The summed E-state index contributed by atoms with van der Waals surface area (Å²) in [5.41, 5.74) is -0.249. The lowest BCUT2D eigenvalue weighted by atomic mass is 9.43. The molecule has 314 valence electrons. The molecule has 8 rings (SSSR count). The van der Waals surface area contributed by atoms with Crippen LogP contribution in [0.1, 0.15) is 85.0 Å². The predicted molar refractivity (Wildman–Crippen MR) is 223 cm³/mol. The first kappa shape index (κ1) is 40.8. The Morgan fingerprint density at radius 2 is 1.31 bits per heavy atom. The second-order valence-corrected chi connectivity index (χ2v) is 18.4. The average molecular weight is 807 g/mol. The predicted octanol–water partition coefficient (Wildman–Crippen LogP) is 9.54. The molecule has 0 unspecified atom stereocenters. The summed E-state index contributed by atoms with van der Waals surface area (Å²) < 4.78 is 29.5. The number of hydrogen-bond acceptors (Lipinski definition) is 10. The van der Waals surface area contributed by atoms with Crippen molar-refractivity contribution >= 4 is 39.5 Å². The van der Waals surface area contributed by atoms with Crippen LogP contribution in [0.15, 0.2) is 72.8 Å². The maximum absolute atomic E-state index is 13.8. The number of phenols is 2. The van der Waals surface area contributed by atoms with Crippen LogP contribution in [-0.4, -0.2) is 60.7 Å². The fraction of sp³-hybridized carbons (Fsp3) is 0.531. The Labute approximate surface area is 346 Å². The van der Waals surface area contributed by atoms with Crippen LogP contribution in [0.2, 0.25) is 0 Å². The molecule has 10 atom stereocenters. The van der Waals surface area contributed by atoms with Crippen molar-refractivity contribution in [1.82, 2.24) is 0 Å². The Kier molecular flexibility index (Phi) is 11.5. The van der Waals surface area contributed by atoms with Crippen LogP contribution in [0.25, 0.3) is 21.5 Å². The summed E-state index contributed by atoms with van der Waals surface area (Å²) in [6, 6.07) is 21.4. The van der Waals surface area contributed by atoms with Crippen LogP contribution in [0.3, 0.4) is 0 Å². The third kappa shape index (κ3) is 8.16. The van der Waals surface area contributed by atoms with Gasteiger partial charge in [-0.25, -0.2) is 9.59 Å². The van der Waals surface area contributed by atoms with E-state index < -0.39 is 5.97 Å². The summed E-state index contributed by atoms with van der Waals surface area (Å²) in [6.45, 7) is 6.61. The highest BCUT2D eigenvalue weighted by atomic mass is 16.6. The first-order valence-electron chi connectivity index (χ1n) is 21.5. The number of rotatable bonds is 12. The van der Waals surface area contributed by atoms with E-state index in [-0.39, 0.29) is 71.5 Å². The summed E-state index contributed by atoms with van der Waals surface area (Å²) in [6.07, 6.45) is 8.15. The van der Waals surface area contributed by atoms with Crippen molar-refractivity contribution in [2.45, 2.75) is 97.2 Å². The molecule has 10 heteroatoms. The average Bonchev–Trinajstić information content (AvgIpc) is 3.59. The van der Waals surface area contributed by atoms with Crippen LogP contribution in [0, 0.1) is 46.3 Å². The van der Waals surface area contributed by atoms with Crippen molar-refractivity contribution in [3.05, 3.63) is 72.8 Å². The third-order valence-corrected chi connectivity index (χ3v) is 15.4. The molecule has 4 aromatic carbocycles. The van der Waals surface area contributed by atoms with E-state index >= 15 is 0 Å². The Bertz CT molecular complexity index is 2200. The number of carbonyl (C=O) groups is 3. The zero-order valence-corrected chi connectivity index (χ0v) is 34.7. The highest BCUT2D eigenvalue weighted by molar-refractivity contribution is 5.86. The molecular formula is C49H58O10. The Hall–Kier alpha value is -4.99. The van der Waals surface area contributed by atoms with Gasteiger partial charge in [0.25, 0.3) is 0 Å². The molecule has 4 aliphatic rings. The number of hydrogen-bond donors (Lipinski definition) is 2. The number of esters is 3. The van der Waals surface area contributed by atoms with E-state index in [0.29, 0.717) is 41.6 Å². The smallest absolute Gasteiger partial charge is 0.344 e. The first-order valence-corrected chi connectivity index (χ1v) is 21.5. The maximum atomic E-state index is 13.8. The van der Waals surface area contributed by atoms with Crippen molar-refractivity contribution < 1.29 is 48.3 Å². The van der Waals surface area contributed by atoms with Gasteiger partial charge in [0.15, 0.2) is 13.2 Å². The number of phenolic OH excluding ortho intramolecular Hbond substituents is 2. The second-order valence-electron chi connectivity index (χ2n) is 18.4. The van der Waals surface area contributed by atoms with Crippen LogP contribution in [0.5, 0.6) is 23.0 Å². The Balaban J connectivity index is 0.952. The minimum Gasteiger partial charge on any atom is -0.508 e. The van der Waals surface area contributed by atoms with Crippen LogP contribution >= 0.6 is 0 Å². The van der Waals surface area contributed by atoms with Crippen molar-refractivity contribution in [2.75, 3.05) is 20.3 Å². The summed E-state index contributed by atoms with van der Waals surface area (Å²) in [7, 11) is 1.44. The zero-order chi connectivity index (χ0) is 41.5. The van der Waals surface area contributed by atoms with E-state index in [9.17, 15) is 24.6 Å². The lowest BCUT2D eigenvalue weighted by Crippen LogP contribution is -2.60. The van der Waals surface area contributed by atoms with Gasteiger partial charge in [0.05, 0.1) is 7.11 Å². The highest BCUT2D eigenvalue weighted by Crippen LogP contribution is 2.69. The monoisotopic (exact) mass is 806 g/mol. The lowest BCUT2D eigenvalue weighted by Gasteiger charge is -2.62. The summed E-state index contributed by atoms with van der Waals surface area (Å²) in [5.74, 6) is 2.57. The van der Waals surface area contributed by atoms with Crippen molar-refractivity contribution in [2.24, 2.45) is 46.3 Å². The van der Waals surface area contributed by atoms with Crippen molar-refractivity contribution in [1.29, 1.82) is 0 Å². The molecule has 4 saturated carbocycles. The number of fused-ring (bicyclic) bond motifs is 7. The quantitative estimate of drug-likeness (QED) is 0.105. The number of aromatic hydroxyl groups is 2. The first-order chi connectivity index (χ1) is 28.3. The van der Waals surface area contributed by atoms with Gasteiger partial charge in [-0.05, 0) is 169 Å². The second kappa shape index (κ2) is 16.6. The fourth-order valence-corrected chi connectivity index (χ4v) is 12.3. The van der Waals surface area contributed by atoms with Gasteiger partial charge in [0.2, 0.25) is 0 Å². The number of benzene rings is 4. The number of ether oxygens (including phenoxy) is 5. The molecule has 0 spiro atoms. The van der Waals surface area contributed by atoms with Gasteiger partial charge < -0.3 is 33.9 Å². The van der Waals surface area contributed by atoms with Crippen molar-refractivity contribution in [3.63, 3.8) is 0 Å². The Morgan fingerprint density at radius 3 is 1.93 bits per heavy atom. The molecular weight excluding hydrogens is 749 g/mol. The summed E-state index contributed by atoms with van der Waals surface area (Å²) >= 11 is 0. The molecule has 0 radical (unpaired) electrons. The molecule has 2 N–H and O–H groups in total. The molecule has 0 heterocycles. The van der Waals surface area contributed by atoms with E-state index in [2.05, 4.69) is 20.8 Å². The molecule has 59 heavy (non-hydrogen) atoms. The van der Waals surface area contributed by atoms with E-state index in [0.717, 1.165) is 79.3 Å². The van der Waals surface area contributed by atoms with E-state index in [1.54, 1.807) is 24.3 Å². The van der Waals surface area contributed by atoms with Gasteiger partial charge in [0.1, 0.15) is 35.2 Å². The fourth-order valence-electron chi connectivity index (χ4n) is 12.3. The van der Waals surface area contributed by atoms with Gasteiger partial charge >= 0.3 is 17.9 Å².